The monoisotopic (exact) mass is 329 g/mol. The number of rotatable bonds is 10. The number of alkyl carbamates (subject to hydrolysis) is 1. The molecule has 1 aliphatic rings. The predicted molar refractivity (Wildman–Crippen MR) is 84.4 cm³/mol. The Morgan fingerprint density at radius 2 is 1.78 bits per heavy atom. The molecule has 7 heteroatoms. The van der Waals surface area contributed by atoms with Crippen LogP contribution in [-0.2, 0) is 19.0 Å². The molecule has 0 radical (unpaired) electrons. The van der Waals surface area contributed by atoms with Gasteiger partial charge in [0.1, 0.15) is 6.10 Å². The molecule has 23 heavy (non-hydrogen) atoms. The van der Waals surface area contributed by atoms with Gasteiger partial charge < -0.3 is 24.6 Å². The first-order chi connectivity index (χ1) is 11.2. The van der Waals surface area contributed by atoms with Crippen LogP contribution in [0.1, 0.15) is 38.5 Å². The third kappa shape index (κ3) is 11.6. The molecule has 0 heterocycles. The van der Waals surface area contributed by atoms with Gasteiger partial charge in [-0.2, -0.15) is 0 Å². The first kappa shape index (κ1) is 19.4. The second-order valence-electron chi connectivity index (χ2n) is 5.30. The number of allylic oxidation sites excluding steroid dienone is 2. The molecule has 132 valence electrons. The number of nitrogens with one attached hydrogen (secondary N) is 1. The van der Waals surface area contributed by atoms with E-state index in [1.807, 2.05) is 0 Å². The minimum Gasteiger partial charge on any atom is -0.481 e. The maximum Gasteiger partial charge on any atom is 0.407 e. The molecular formula is C16H27NO6. The van der Waals surface area contributed by atoms with Crippen LogP contribution in [0.4, 0.5) is 4.79 Å². The molecule has 0 aromatic heterocycles. The molecule has 0 bridgehead atoms. The van der Waals surface area contributed by atoms with E-state index in [-0.39, 0.29) is 19.1 Å². The van der Waals surface area contributed by atoms with E-state index in [0.717, 1.165) is 32.1 Å². The van der Waals surface area contributed by atoms with Crippen LogP contribution in [-0.4, -0.2) is 56.2 Å². The third-order valence-electron chi connectivity index (χ3n) is 3.34. The molecule has 7 nitrogen and oxygen atoms in total. The van der Waals surface area contributed by atoms with E-state index >= 15 is 0 Å². The van der Waals surface area contributed by atoms with Crippen LogP contribution >= 0.6 is 0 Å². The fraction of sp³-hybridized carbons (Fsp3) is 0.750. The van der Waals surface area contributed by atoms with Crippen LogP contribution in [0.15, 0.2) is 12.2 Å². The van der Waals surface area contributed by atoms with Crippen molar-refractivity contribution in [1.29, 1.82) is 0 Å². The molecule has 1 aliphatic carbocycles. The van der Waals surface area contributed by atoms with Crippen molar-refractivity contribution in [3.8, 4) is 0 Å². The van der Waals surface area contributed by atoms with Crippen molar-refractivity contribution >= 4 is 12.1 Å². The highest BCUT2D eigenvalue weighted by atomic mass is 16.6. The quantitative estimate of drug-likeness (QED) is 0.471. The lowest BCUT2D eigenvalue weighted by molar-refractivity contribution is -0.138. The number of hydrogen-bond acceptors (Lipinski definition) is 5. The summed E-state index contributed by atoms with van der Waals surface area (Å²) in [5, 5.41) is 11.1. The highest BCUT2D eigenvalue weighted by Crippen LogP contribution is 2.15. The molecule has 0 aromatic rings. The molecule has 0 saturated carbocycles. The molecule has 1 rings (SSSR count). The van der Waals surface area contributed by atoms with Gasteiger partial charge in [-0.3, -0.25) is 4.79 Å². The number of aliphatic carboxylic acids is 1. The van der Waals surface area contributed by atoms with E-state index in [1.54, 1.807) is 0 Å². The molecule has 1 atom stereocenters. The summed E-state index contributed by atoms with van der Waals surface area (Å²) in [6.07, 6.45) is 8.70. The molecule has 0 spiro atoms. The van der Waals surface area contributed by atoms with Crippen molar-refractivity contribution in [2.45, 2.75) is 44.6 Å². The zero-order valence-electron chi connectivity index (χ0n) is 13.5. The van der Waals surface area contributed by atoms with E-state index in [2.05, 4.69) is 17.5 Å². The Hall–Kier alpha value is -1.60. The minimum absolute atomic E-state index is 0.00957. The number of hydrogen-bond donors (Lipinski definition) is 2. The zero-order chi connectivity index (χ0) is 16.8. The standard InChI is InChI=1S/C16H27NO6/c18-15(19)8-10-21-12-13-22-11-9-17-16(20)23-14-6-4-2-1-3-5-7-14/h1-2,14H,3-13H2,(H,17,20)(H,18,19)/b2-1+. The van der Waals surface area contributed by atoms with Crippen molar-refractivity contribution in [3.63, 3.8) is 0 Å². The van der Waals surface area contributed by atoms with Gasteiger partial charge in [0, 0.05) is 6.54 Å². The maximum atomic E-state index is 11.7. The maximum absolute atomic E-state index is 11.7. The normalized spacial score (nSPS) is 19.4. The smallest absolute Gasteiger partial charge is 0.407 e. The van der Waals surface area contributed by atoms with E-state index in [0.29, 0.717) is 26.4 Å². The number of ether oxygens (including phenoxy) is 3. The van der Waals surface area contributed by atoms with Crippen molar-refractivity contribution < 1.29 is 28.9 Å². The van der Waals surface area contributed by atoms with Gasteiger partial charge in [0.15, 0.2) is 0 Å². The van der Waals surface area contributed by atoms with Gasteiger partial charge >= 0.3 is 12.1 Å². The number of carboxylic acid groups (broad SMARTS) is 1. The van der Waals surface area contributed by atoms with Crippen LogP contribution in [0, 0.1) is 0 Å². The Kier molecular flexibility index (Phi) is 10.9. The summed E-state index contributed by atoms with van der Waals surface area (Å²) in [6.45, 7) is 1.63. The van der Waals surface area contributed by atoms with Crippen molar-refractivity contribution in [2.75, 3.05) is 33.0 Å². The van der Waals surface area contributed by atoms with Gasteiger partial charge in [0.25, 0.3) is 0 Å². The largest absolute Gasteiger partial charge is 0.481 e. The second kappa shape index (κ2) is 12.9. The minimum atomic E-state index is -0.881. The Balaban J connectivity index is 1.93. The van der Waals surface area contributed by atoms with Gasteiger partial charge in [0.2, 0.25) is 0 Å². The molecule has 0 aromatic carbocycles. The topological polar surface area (TPSA) is 94.1 Å². The predicted octanol–water partition coefficient (Wildman–Crippen LogP) is 2.11. The van der Waals surface area contributed by atoms with E-state index in [1.165, 1.54) is 0 Å². The fourth-order valence-corrected chi connectivity index (χ4v) is 2.14. The molecule has 2 N–H and O–H groups in total. The van der Waals surface area contributed by atoms with Gasteiger partial charge in [0.05, 0.1) is 32.8 Å². The van der Waals surface area contributed by atoms with Crippen LogP contribution in [0.25, 0.3) is 0 Å². The van der Waals surface area contributed by atoms with Gasteiger partial charge in [-0.05, 0) is 32.1 Å². The molecular weight excluding hydrogens is 302 g/mol. The van der Waals surface area contributed by atoms with E-state index < -0.39 is 12.1 Å². The summed E-state index contributed by atoms with van der Waals surface area (Å²) < 4.78 is 15.7. The van der Waals surface area contributed by atoms with E-state index in [4.69, 9.17) is 19.3 Å². The average molecular weight is 329 g/mol. The summed E-state index contributed by atoms with van der Waals surface area (Å²) in [5.41, 5.74) is 0. The number of carboxylic acids is 1. The SMILES string of the molecule is O=C(O)CCOCCOCCNC(=O)OC1CC/C=C/CCC1. The lowest BCUT2D eigenvalue weighted by atomic mass is 10.0. The van der Waals surface area contributed by atoms with Crippen LogP contribution in [0.3, 0.4) is 0 Å². The highest BCUT2D eigenvalue weighted by Gasteiger charge is 2.14. The molecule has 0 aliphatic heterocycles. The zero-order valence-corrected chi connectivity index (χ0v) is 13.5. The Labute approximate surface area is 137 Å². The van der Waals surface area contributed by atoms with Crippen LogP contribution in [0.5, 0.6) is 0 Å². The van der Waals surface area contributed by atoms with Gasteiger partial charge in [-0.15, -0.1) is 0 Å². The summed E-state index contributed by atoms with van der Waals surface area (Å²) in [7, 11) is 0. The highest BCUT2D eigenvalue weighted by molar-refractivity contribution is 5.67. The summed E-state index contributed by atoms with van der Waals surface area (Å²) >= 11 is 0. The molecule has 0 saturated heterocycles. The first-order valence-corrected chi connectivity index (χ1v) is 8.15. The van der Waals surface area contributed by atoms with Crippen molar-refractivity contribution in [2.24, 2.45) is 0 Å². The summed E-state index contributed by atoms with van der Waals surface area (Å²) in [6, 6.07) is 0. The first-order valence-electron chi connectivity index (χ1n) is 8.15. The Bertz CT molecular complexity index is 372. The van der Waals surface area contributed by atoms with Crippen LogP contribution in [0.2, 0.25) is 0 Å². The lowest BCUT2D eigenvalue weighted by Gasteiger charge is -2.18. The second-order valence-corrected chi connectivity index (χ2v) is 5.30. The Morgan fingerprint density at radius 3 is 2.57 bits per heavy atom. The third-order valence-corrected chi connectivity index (χ3v) is 3.34. The molecule has 1 amide bonds. The van der Waals surface area contributed by atoms with Crippen molar-refractivity contribution in [3.05, 3.63) is 12.2 Å². The Morgan fingerprint density at radius 1 is 1.04 bits per heavy atom. The summed E-state index contributed by atoms with van der Waals surface area (Å²) in [5.74, 6) is -0.881. The average Bonchev–Trinajstić information content (AvgIpc) is 2.48. The molecule has 1 unspecified atom stereocenters. The van der Waals surface area contributed by atoms with Gasteiger partial charge in [-0.25, -0.2) is 4.79 Å². The van der Waals surface area contributed by atoms with Crippen molar-refractivity contribution in [1.82, 2.24) is 5.32 Å². The van der Waals surface area contributed by atoms with E-state index in [9.17, 15) is 9.59 Å². The number of amides is 1. The summed E-state index contributed by atoms with van der Waals surface area (Å²) in [4.78, 5) is 21.9. The number of carbonyl (C=O) groups is 2. The van der Waals surface area contributed by atoms with Gasteiger partial charge in [-0.1, -0.05) is 12.2 Å². The number of carbonyl (C=O) groups excluding carboxylic acids is 1. The molecule has 0 fully saturated rings. The lowest BCUT2D eigenvalue weighted by Crippen LogP contribution is -2.31. The van der Waals surface area contributed by atoms with Crippen LogP contribution < -0.4 is 5.32 Å². The fourth-order valence-electron chi connectivity index (χ4n) is 2.14.